The lowest BCUT2D eigenvalue weighted by atomic mass is 10.2. The molecule has 6 heteroatoms. The van der Waals surface area contributed by atoms with E-state index in [1.807, 2.05) is 6.07 Å². The summed E-state index contributed by atoms with van der Waals surface area (Å²) in [5.74, 6) is -1.38. The second-order valence-electron chi connectivity index (χ2n) is 3.44. The standard InChI is InChI=1S/C12H7N3O3/c13-7-8-2-1-3-9(6-8)15-5-4-10(16)11(14-15)12(17)18/h1-6H,(H,17,18). The molecule has 18 heavy (non-hydrogen) atoms. The summed E-state index contributed by atoms with van der Waals surface area (Å²) < 4.78 is 1.24. The minimum Gasteiger partial charge on any atom is -0.476 e. The van der Waals surface area contributed by atoms with Crippen LogP contribution in [0.25, 0.3) is 5.69 Å². The Hall–Kier alpha value is -2.94. The van der Waals surface area contributed by atoms with Gasteiger partial charge in [-0.1, -0.05) is 6.07 Å². The summed E-state index contributed by atoms with van der Waals surface area (Å²) in [7, 11) is 0. The maximum atomic E-state index is 11.3. The van der Waals surface area contributed by atoms with E-state index < -0.39 is 17.1 Å². The highest BCUT2D eigenvalue weighted by molar-refractivity contribution is 5.84. The van der Waals surface area contributed by atoms with Crippen molar-refractivity contribution in [3.05, 3.63) is 58.0 Å². The van der Waals surface area contributed by atoms with E-state index in [4.69, 9.17) is 10.4 Å². The van der Waals surface area contributed by atoms with Crippen LogP contribution in [0.15, 0.2) is 41.3 Å². The van der Waals surface area contributed by atoms with Gasteiger partial charge >= 0.3 is 5.97 Å². The topological polar surface area (TPSA) is 96.0 Å². The molecule has 1 heterocycles. The van der Waals surface area contributed by atoms with Gasteiger partial charge in [0.05, 0.1) is 17.3 Å². The summed E-state index contributed by atoms with van der Waals surface area (Å²) in [6, 6.07) is 9.55. The monoisotopic (exact) mass is 241 g/mol. The molecular weight excluding hydrogens is 234 g/mol. The molecular formula is C12H7N3O3. The minimum atomic E-state index is -1.38. The Balaban J connectivity index is 2.58. The average Bonchev–Trinajstić information content (AvgIpc) is 2.39. The van der Waals surface area contributed by atoms with Gasteiger partial charge in [0.25, 0.3) is 0 Å². The quantitative estimate of drug-likeness (QED) is 0.838. The first kappa shape index (κ1) is 11.5. The Kier molecular flexibility index (Phi) is 2.89. The van der Waals surface area contributed by atoms with Crippen LogP contribution in [0.2, 0.25) is 0 Å². The molecule has 0 atom stereocenters. The number of carbonyl (C=O) groups is 1. The molecule has 88 valence electrons. The zero-order valence-electron chi connectivity index (χ0n) is 9.07. The Morgan fingerprint density at radius 3 is 2.83 bits per heavy atom. The second kappa shape index (κ2) is 4.51. The second-order valence-corrected chi connectivity index (χ2v) is 3.44. The maximum absolute atomic E-state index is 11.3. The third kappa shape index (κ3) is 2.10. The molecule has 0 saturated carbocycles. The molecule has 0 amide bonds. The fraction of sp³-hybridized carbons (Fsp3) is 0. The molecule has 0 radical (unpaired) electrons. The molecule has 2 aromatic rings. The van der Waals surface area contributed by atoms with Gasteiger partial charge in [-0.2, -0.15) is 10.4 Å². The zero-order valence-corrected chi connectivity index (χ0v) is 9.07. The van der Waals surface area contributed by atoms with E-state index in [2.05, 4.69) is 5.10 Å². The Morgan fingerprint density at radius 1 is 1.39 bits per heavy atom. The number of hydrogen-bond acceptors (Lipinski definition) is 4. The van der Waals surface area contributed by atoms with Crippen molar-refractivity contribution in [2.24, 2.45) is 0 Å². The normalized spacial score (nSPS) is 9.72. The van der Waals surface area contributed by atoms with Gasteiger partial charge in [0, 0.05) is 12.3 Å². The summed E-state index contributed by atoms with van der Waals surface area (Å²) in [6.07, 6.45) is 1.35. The van der Waals surface area contributed by atoms with Gasteiger partial charge in [-0.05, 0) is 18.2 Å². The molecule has 0 unspecified atom stereocenters. The van der Waals surface area contributed by atoms with Gasteiger partial charge in [0.1, 0.15) is 0 Å². The van der Waals surface area contributed by atoms with E-state index in [9.17, 15) is 9.59 Å². The number of carboxylic acid groups (broad SMARTS) is 1. The van der Waals surface area contributed by atoms with E-state index in [0.717, 1.165) is 6.07 Å². The van der Waals surface area contributed by atoms with Crippen molar-refractivity contribution in [2.75, 3.05) is 0 Å². The highest BCUT2D eigenvalue weighted by Crippen LogP contribution is 2.08. The number of aromatic nitrogens is 2. The van der Waals surface area contributed by atoms with Crippen LogP contribution in [0.4, 0.5) is 0 Å². The van der Waals surface area contributed by atoms with E-state index in [1.165, 1.54) is 10.9 Å². The average molecular weight is 241 g/mol. The number of hydrogen-bond donors (Lipinski definition) is 1. The highest BCUT2D eigenvalue weighted by atomic mass is 16.4. The van der Waals surface area contributed by atoms with Crippen molar-refractivity contribution in [1.82, 2.24) is 9.78 Å². The molecule has 0 aliphatic carbocycles. The molecule has 0 aliphatic heterocycles. The summed E-state index contributed by atoms with van der Waals surface area (Å²) in [4.78, 5) is 22.1. The van der Waals surface area contributed by atoms with Crippen LogP contribution in [0.1, 0.15) is 16.1 Å². The van der Waals surface area contributed by atoms with Gasteiger partial charge in [0.15, 0.2) is 0 Å². The number of nitrogens with zero attached hydrogens (tertiary/aromatic N) is 3. The van der Waals surface area contributed by atoms with E-state index in [-0.39, 0.29) is 0 Å². The van der Waals surface area contributed by atoms with Crippen molar-refractivity contribution in [3.8, 4) is 11.8 Å². The number of nitriles is 1. The first-order valence-corrected chi connectivity index (χ1v) is 4.95. The van der Waals surface area contributed by atoms with Crippen molar-refractivity contribution in [2.45, 2.75) is 0 Å². The predicted molar refractivity (Wildman–Crippen MR) is 61.5 cm³/mol. The van der Waals surface area contributed by atoms with E-state index >= 15 is 0 Å². The van der Waals surface area contributed by atoms with Gasteiger partial charge in [-0.15, -0.1) is 0 Å². The Labute approximate surface area is 101 Å². The molecule has 0 fully saturated rings. The van der Waals surface area contributed by atoms with Crippen molar-refractivity contribution >= 4 is 5.97 Å². The Morgan fingerprint density at radius 2 is 2.17 bits per heavy atom. The lowest BCUT2D eigenvalue weighted by Gasteiger charge is -2.05. The molecule has 1 N–H and O–H groups in total. The van der Waals surface area contributed by atoms with Crippen LogP contribution in [-0.4, -0.2) is 20.9 Å². The molecule has 0 aliphatic rings. The van der Waals surface area contributed by atoms with Crippen molar-refractivity contribution < 1.29 is 9.90 Å². The van der Waals surface area contributed by atoms with Crippen LogP contribution >= 0.6 is 0 Å². The minimum absolute atomic E-state index is 0.421. The molecule has 1 aromatic heterocycles. The predicted octanol–water partition coefficient (Wildman–Crippen LogP) is 0.802. The SMILES string of the molecule is N#Cc1cccc(-n2ccc(=O)c(C(=O)O)n2)c1. The largest absolute Gasteiger partial charge is 0.476 e. The molecule has 0 saturated heterocycles. The molecule has 2 rings (SSSR count). The van der Waals surface area contributed by atoms with E-state index in [0.29, 0.717) is 11.3 Å². The van der Waals surface area contributed by atoms with Crippen LogP contribution in [0.3, 0.4) is 0 Å². The van der Waals surface area contributed by atoms with E-state index in [1.54, 1.807) is 24.3 Å². The molecule has 6 nitrogen and oxygen atoms in total. The van der Waals surface area contributed by atoms with Crippen molar-refractivity contribution in [1.29, 1.82) is 5.26 Å². The van der Waals surface area contributed by atoms with Gasteiger partial charge in [-0.3, -0.25) is 4.79 Å². The highest BCUT2D eigenvalue weighted by Gasteiger charge is 2.11. The summed E-state index contributed by atoms with van der Waals surface area (Å²) in [5, 5.41) is 21.3. The first-order chi connectivity index (χ1) is 8.61. The van der Waals surface area contributed by atoms with Crippen LogP contribution in [0, 0.1) is 11.3 Å². The number of aromatic carboxylic acids is 1. The summed E-state index contributed by atoms with van der Waals surface area (Å²) in [6.45, 7) is 0. The van der Waals surface area contributed by atoms with Gasteiger partial charge < -0.3 is 5.11 Å². The maximum Gasteiger partial charge on any atom is 0.360 e. The third-order valence-corrected chi connectivity index (χ3v) is 2.25. The molecule has 0 bridgehead atoms. The van der Waals surface area contributed by atoms with Crippen LogP contribution in [-0.2, 0) is 0 Å². The number of rotatable bonds is 2. The zero-order chi connectivity index (χ0) is 13.1. The molecule has 1 aromatic carbocycles. The number of carboxylic acids is 1. The van der Waals surface area contributed by atoms with Crippen molar-refractivity contribution in [3.63, 3.8) is 0 Å². The smallest absolute Gasteiger partial charge is 0.360 e. The molecule has 0 spiro atoms. The third-order valence-electron chi connectivity index (χ3n) is 2.25. The lowest BCUT2D eigenvalue weighted by Crippen LogP contribution is -2.20. The summed E-state index contributed by atoms with van der Waals surface area (Å²) in [5.41, 5.74) is -0.281. The lowest BCUT2D eigenvalue weighted by molar-refractivity contribution is 0.0687. The van der Waals surface area contributed by atoms with Gasteiger partial charge in [-0.25, -0.2) is 9.48 Å². The Bertz CT molecular complexity index is 713. The fourth-order valence-corrected chi connectivity index (χ4v) is 1.42. The summed E-state index contributed by atoms with van der Waals surface area (Å²) >= 11 is 0. The van der Waals surface area contributed by atoms with Crippen LogP contribution in [0.5, 0.6) is 0 Å². The number of benzene rings is 1. The fourth-order valence-electron chi connectivity index (χ4n) is 1.42. The van der Waals surface area contributed by atoms with Gasteiger partial charge in [0.2, 0.25) is 11.1 Å². The van der Waals surface area contributed by atoms with Crippen LogP contribution < -0.4 is 5.43 Å². The first-order valence-electron chi connectivity index (χ1n) is 4.95.